The van der Waals surface area contributed by atoms with Gasteiger partial charge < -0.3 is 10.6 Å². The van der Waals surface area contributed by atoms with E-state index in [9.17, 15) is 4.39 Å². The Morgan fingerprint density at radius 2 is 1.87 bits per heavy atom. The number of nitrogens with two attached hydrogens (primary N) is 1. The maximum atomic E-state index is 14.1. The summed E-state index contributed by atoms with van der Waals surface area (Å²) >= 11 is 0. The van der Waals surface area contributed by atoms with Gasteiger partial charge in [-0.1, -0.05) is 12.1 Å². The summed E-state index contributed by atoms with van der Waals surface area (Å²) in [5.41, 5.74) is 8.19. The zero-order valence-electron chi connectivity index (χ0n) is 13.7. The Morgan fingerprint density at radius 1 is 1.17 bits per heavy atom. The van der Waals surface area contributed by atoms with Crippen molar-refractivity contribution in [3.63, 3.8) is 0 Å². The van der Waals surface area contributed by atoms with Crippen molar-refractivity contribution < 1.29 is 4.39 Å². The third-order valence-corrected chi connectivity index (χ3v) is 4.73. The van der Waals surface area contributed by atoms with E-state index in [1.54, 1.807) is 12.1 Å². The molecule has 0 unspecified atom stereocenters. The molecule has 3 rings (SSSR count). The first-order chi connectivity index (χ1) is 11.1. The standard InChI is InChI=1S/C18H23FN4/c1-12-13(2)21-17(15-5-3-4-6-16(15)19)22-18(12)23-9-7-14(11-20)8-10-23/h3-6,14H,7-11,20H2,1-2H3. The van der Waals surface area contributed by atoms with E-state index in [0.717, 1.165) is 49.6 Å². The molecule has 2 aromatic rings. The average Bonchev–Trinajstić information content (AvgIpc) is 2.58. The maximum absolute atomic E-state index is 14.1. The number of anilines is 1. The van der Waals surface area contributed by atoms with E-state index in [4.69, 9.17) is 5.73 Å². The van der Waals surface area contributed by atoms with Crippen LogP contribution in [0.15, 0.2) is 24.3 Å². The molecule has 1 saturated heterocycles. The van der Waals surface area contributed by atoms with E-state index >= 15 is 0 Å². The number of halogens is 1. The number of piperidine rings is 1. The molecule has 0 spiro atoms. The second-order valence-electron chi connectivity index (χ2n) is 6.23. The summed E-state index contributed by atoms with van der Waals surface area (Å²) in [5.74, 6) is 1.69. The highest BCUT2D eigenvalue weighted by molar-refractivity contribution is 5.61. The second-order valence-corrected chi connectivity index (χ2v) is 6.23. The molecule has 2 heterocycles. The Morgan fingerprint density at radius 3 is 2.52 bits per heavy atom. The lowest BCUT2D eigenvalue weighted by molar-refractivity contribution is 0.412. The summed E-state index contributed by atoms with van der Waals surface area (Å²) in [6, 6.07) is 6.66. The van der Waals surface area contributed by atoms with Gasteiger partial charge in [0.1, 0.15) is 11.6 Å². The van der Waals surface area contributed by atoms with Crippen molar-refractivity contribution in [2.75, 3.05) is 24.5 Å². The maximum Gasteiger partial charge on any atom is 0.164 e. The third-order valence-electron chi connectivity index (χ3n) is 4.73. The summed E-state index contributed by atoms with van der Waals surface area (Å²) < 4.78 is 14.1. The molecule has 5 heteroatoms. The molecule has 1 aromatic heterocycles. The predicted octanol–water partition coefficient (Wildman–Crippen LogP) is 3.07. The molecule has 1 aliphatic rings. The number of benzene rings is 1. The van der Waals surface area contributed by atoms with Crippen molar-refractivity contribution >= 4 is 5.82 Å². The first-order valence-corrected chi connectivity index (χ1v) is 8.15. The Bertz CT molecular complexity index is 693. The largest absolute Gasteiger partial charge is 0.356 e. The molecule has 2 N–H and O–H groups in total. The Kier molecular flexibility index (Phi) is 4.57. The van der Waals surface area contributed by atoms with Crippen LogP contribution in [0.5, 0.6) is 0 Å². The Balaban J connectivity index is 1.97. The van der Waals surface area contributed by atoms with Crippen LogP contribution in [0, 0.1) is 25.6 Å². The van der Waals surface area contributed by atoms with E-state index in [-0.39, 0.29) is 5.82 Å². The fourth-order valence-corrected chi connectivity index (χ4v) is 3.07. The summed E-state index contributed by atoms with van der Waals surface area (Å²) in [7, 11) is 0. The zero-order chi connectivity index (χ0) is 16.4. The van der Waals surface area contributed by atoms with Gasteiger partial charge in [-0.15, -0.1) is 0 Å². The van der Waals surface area contributed by atoms with Gasteiger partial charge in [-0.2, -0.15) is 0 Å². The number of rotatable bonds is 3. The van der Waals surface area contributed by atoms with E-state index in [0.29, 0.717) is 17.3 Å². The van der Waals surface area contributed by atoms with Crippen LogP contribution in [0.1, 0.15) is 24.1 Å². The van der Waals surface area contributed by atoms with Crippen molar-refractivity contribution in [1.29, 1.82) is 0 Å². The van der Waals surface area contributed by atoms with Crippen LogP contribution in [0.4, 0.5) is 10.2 Å². The van der Waals surface area contributed by atoms with Crippen LogP contribution >= 0.6 is 0 Å². The molecule has 4 nitrogen and oxygen atoms in total. The monoisotopic (exact) mass is 314 g/mol. The van der Waals surface area contributed by atoms with E-state index < -0.39 is 0 Å². The van der Waals surface area contributed by atoms with Crippen molar-refractivity contribution in [1.82, 2.24) is 9.97 Å². The van der Waals surface area contributed by atoms with Gasteiger partial charge in [0.25, 0.3) is 0 Å². The predicted molar refractivity (Wildman–Crippen MR) is 90.9 cm³/mol. The molecule has 0 aliphatic carbocycles. The van der Waals surface area contributed by atoms with E-state index in [2.05, 4.69) is 14.9 Å². The zero-order valence-corrected chi connectivity index (χ0v) is 13.7. The fraction of sp³-hybridized carbons (Fsp3) is 0.444. The Hall–Kier alpha value is -2.01. The van der Waals surface area contributed by atoms with Crippen LogP contribution in [0.3, 0.4) is 0 Å². The molecule has 1 aromatic carbocycles. The lowest BCUT2D eigenvalue weighted by atomic mass is 9.97. The molecule has 23 heavy (non-hydrogen) atoms. The lowest BCUT2D eigenvalue weighted by Gasteiger charge is -2.33. The molecule has 0 atom stereocenters. The summed E-state index contributed by atoms with van der Waals surface area (Å²) in [4.78, 5) is 11.5. The second kappa shape index (κ2) is 6.62. The van der Waals surface area contributed by atoms with Crippen molar-refractivity contribution in [3.8, 4) is 11.4 Å². The Labute approximate surface area is 136 Å². The van der Waals surface area contributed by atoms with Crippen LogP contribution in [-0.2, 0) is 0 Å². The van der Waals surface area contributed by atoms with Crippen LogP contribution in [-0.4, -0.2) is 29.6 Å². The first-order valence-electron chi connectivity index (χ1n) is 8.15. The molecular formula is C18H23FN4. The number of aryl methyl sites for hydroxylation is 1. The van der Waals surface area contributed by atoms with Crippen molar-refractivity contribution in [3.05, 3.63) is 41.3 Å². The quantitative estimate of drug-likeness (QED) is 0.946. The lowest BCUT2D eigenvalue weighted by Crippen LogP contribution is -2.37. The molecule has 0 saturated carbocycles. The highest BCUT2D eigenvalue weighted by Crippen LogP contribution is 2.28. The van der Waals surface area contributed by atoms with Crippen LogP contribution in [0.25, 0.3) is 11.4 Å². The third kappa shape index (κ3) is 3.20. The van der Waals surface area contributed by atoms with Gasteiger partial charge in [-0.3, -0.25) is 0 Å². The minimum Gasteiger partial charge on any atom is -0.356 e. The van der Waals surface area contributed by atoms with E-state index in [1.165, 1.54) is 6.07 Å². The van der Waals surface area contributed by atoms with Crippen LogP contribution < -0.4 is 10.6 Å². The number of nitrogens with zero attached hydrogens (tertiary/aromatic N) is 3. The highest BCUT2D eigenvalue weighted by Gasteiger charge is 2.22. The number of aromatic nitrogens is 2. The van der Waals surface area contributed by atoms with Gasteiger partial charge in [0.2, 0.25) is 0 Å². The van der Waals surface area contributed by atoms with Gasteiger partial charge in [-0.25, -0.2) is 14.4 Å². The van der Waals surface area contributed by atoms with Gasteiger partial charge >= 0.3 is 0 Å². The molecule has 0 radical (unpaired) electrons. The smallest absolute Gasteiger partial charge is 0.164 e. The number of hydrogen-bond donors (Lipinski definition) is 1. The fourth-order valence-electron chi connectivity index (χ4n) is 3.07. The highest BCUT2D eigenvalue weighted by atomic mass is 19.1. The van der Waals surface area contributed by atoms with E-state index in [1.807, 2.05) is 19.9 Å². The van der Waals surface area contributed by atoms with Gasteiger partial charge in [0.15, 0.2) is 5.82 Å². The molecule has 0 amide bonds. The number of hydrogen-bond acceptors (Lipinski definition) is 4. The average molecular weight is 314 g/mol. The molecule has 1 fully saturated rings. The van der Waals surface area contributed by atoms with Crippen LogP contribution in [0.2, 0.25) is 0 Å². The summed E-state index contributed by atoms with van der Waals surface area (Å²) in [6.45, 7) is 6.62. The van der Waals surface area contributed by atoms with Gasteiger partial charge in [0, 0.05) is 24.3 Å². The topological polar surface area (TPSA) is 55.0 Å². The summed E-state index contributed by atoms with van der Waals surface area (Å²) in [5, 5.41) is 0. The normalized spacial score (nSPS) is 15.9. The van der Waals surface area contributed by atoms with Gasteiger partial charge in [0.05, 0.1) is 5.56 Å². The summed E-state index contributed by atoms with van der Waals surface area (Å²) in [6.07, 6.45) is 2.15. The molecule has 1 aliphatic heterocycles. The minimum absolute atomic E-state index is 0.288. The molecular weight excluding hydrogens is 291 g/mol. The van der Waals surface area contributed by atoms with Crippen molar-refractivity contribution in [2.24, 2.45) is 11.7 Å². The SMILES string of the molecule is Cc1nc(-c2ccccc2F)nc(N2CCC(CN)CC2)c1C. The first kappa shape index (κ1) is 15.9. The molecule has 0 bridgehead atoms. The molecule has 122 valence electrons. The minimum atomic E-state index is -0.288. The van der Waals surface area contributed by atoms with Crippen molar-refractivity contribution in [2.45, 2.75) is 26.7 Å². The van der Waals surface area contributed by atoms with Gasteiger partial charge in [-0.05, 0) is 51.3 Å².